The van der Waals surface area contributed by atoms with Crippen molar-refractivity contribution < 1.29 is 9.59 Å². The summed E-state index contributed by atoms with van der Waals surface area (Å²) in [6.07, 6.45) is 3.37. The number of hydrogen-bond donors (Lipinski definition) is 2. The summed E-state index contributed by atoms with van der Waals surface area (Å²) in [6.45, 7) is 3.36. The highest BCUT2D eigenvalue weighted by Gasteiger charge is 2.24. The molecule has 0 spiro atoms. The first-order valence-electron chi connectivity index (χ1n) is 9.17. The zero-order valence-corrected chi connectivity index (χ0v) is 16.6. The topological polar surface area (TPSA) is 106 Å². The minimum atomic E-state index is -0.262. The number of piperidine rings is 1. The molecule has 28 heavy (non-hydrogen) atoms. The van der Waals surface area contributed by atoms with E-state index >= 15 is 0 Å². The zero-order valence-electron chi connectivity index (χ0n) is 15.8. The van der Waals surface area contributed by atoms with Gasteiger partial charge in [-0.15, -0.1) is 11.3 Å². The molecule has 1 aliphatic heterocycles. The maximum Gasteiger partial charge on any atom is 0.265 e. The number of nitrogens with two attached hydrogens (primary N) is 1. The number of thiophene rings is 1. The molecule has 1 saturated heterocycles. The van der Waals surface area contributed by atoms with E-state index < -0.39 is 0 Å². The monoisotopic (exact) mass is 398 g/mol. The minimum absolute atomic E-state index is 0.138. The molecule has 146 valence electrons. The van der Waals surface area contributed by atoms with Crippen molar-refractivity contribution >= 4 is 44.9 Å². The molecule has 4 rings (SSSR count). The molecule has 1 aliphatic rings. The molecule has 3 aromatic rings. The van der Waals surface area contributed by atoms with Gasteiger partial charge in [0, 0.05) is 25.5 Å². The molecular weight excluding hydrogens is 376 g/mol. The number of anilines is 2. The van der Waals surface area contributed by atoms with E-state index in [1.165, 1.54) is 11.3 Å². The second-order valence-corrected chi connectivity index (χ2v) is 8.12. The van der Waals surface area contributed by atoms with Crippen LogP contribution < -0.4 is 16.0 Å². The van der Waals surface area contributed by atoms with Crippen LogP contribution >= 0.6 is 11.3 Å². The van der Waals surface area contributed by atoms with Crippen molar-refractivity contribution in [3.63, 3.8) is 0 Å². The molecule has 3 N–H and O–H groups in total. The lowest BCUT2D eigenvalue weighted by atomic mass is 9.97. The van der Waals surface area contributed by atoms with Crippen molar-refractivity contribution in [3.05, 3.63) is 35.0 Å². The van der Waals surface area contributed by atoms with E-state index in [1.807, 2.05) is 32.2 Å². The molecule has 0 aliphatic carbocycles. The molecule has 1 atom stereocenters. The number of primary amides is 1. The average molecular weight is 398 g/mol. The third-order valence-electron chi connectivity index (χ3n) is 5.07. The van der Waals surface area contributed by atoms with Gasteiger partial charge in [-0.05, 0) is 38.0 Å². The van der Waals surface area contributed by atoms with Crippen LogP contribution in [0.2, 0.25) is 0 Å². The van der Waals surface area contributed by atoms with Crippen LogP contribution in [0.3, 0.4) is 0 Å². The van der Waals surface area contributed by atoms with Gasteiger partial charge in [0.1, 0.15) is 10.6 Å². The van der Waals surface area contributed by atoms with Crippen LogP contribution in [0.4, 0.5) is 11.5 Å². The van der Waals surface area contributed by atoms with E-state index in [4.69, 9.17) is 5.73 Å². The maximum atomic E-state index is 12.6. The summed E-state index contributed by atoms with van der Waals surface area (Å²) >= 11 is 1.42. The van der Waals surface area contributed by atoms with Gasteiger partial charge >= 0.3 is 0 Å². The van der Waals surface area contributed by atoms with Gasteiger partial charge in [-0.25, -0.2) is 4.98 Å². The lowest BCUT2D eigenvalue weighted by Crippen LogP contribution is -2.41. The second-order valence-electron chi connectivity index (χ2n) is 7.09. The molecule has 9 heteroatoms. The van der Waals surface area contributed by atoms with Crippen LogP contribution in [0.5, 0.6) is 0 Å². The first kappa shape index (κ1) is 18.4. The summed E-state index contributed by atoms with van der Waals surface area (Å²) in [6, 6.07) is 5.56. The molecule has 0 bridgehead atoms. The Morgan fingerprint density at radius 2 is 2.18 bits per heavy atom. The van der Waals surface area contributed by atoms with Crippen LogP contribution in [-0.2, 0) is 11.8 Å². The highest BCUT2D eigenvalue weighted by molar-refractivity contribution is 7.20. The number of aryl methyl sites for hydroxylation is 2. The van der Waals surface area contributed by atoms with Crippen LogP contribution in [0.25, 0.3) is 10.2 Å². The van der Waals surface area contributed by atoms with E-state index in [9.17, 15) is 9.59 Å². The molecule has 0 saturated carbocycles. The number of nitrogens with zero attached hydrogens (tertiary/aromatic N) is 4. The number of aromatic nitrogens is 3. The van der Waals surface area contributed by atoms with Crippen molar-refractivity contribution in [2.75, 3.05) is 23.3 Å². The largest absolute Gasteiger partial charge is 0.369 e. The smallest absolute Gasteiger partial charge is 0.265 e. The van der Waals surface area contributed by atoms with Gasteiger partial charge in [-0.2, -0.15) is 5.10 Å². The maximum absolute atomic E-state index is 12.6. The number of carbonyl (C=O) groups is 2. The van der Waals surface area contributed by atoms with Crippen LogP contribution in [0, 0.1) is 12.8 Å². The van der Waals surface area contributed by atoms with E-state index in [0.717, 1.165) is 41.1 Å². The van der Waals surface area contributed by atoms with Gasteiger partial charge in [0.15, 0.2) is 0 Å². The van der Waals surface area contributed by atoms with Gasteiger partial charge in [-0.3, -0.25) is 14.3 Å². The minimum Gasteiger partial charge on any atom is -0.369 e. The quantitative estimate of drug-likeness (QED) is 0.701. The highest BCUT2D eigenvalue weighted by atomic mass is 32.1. The molecular formula is C19H22N6O2S. The third kappa shape index (κ3) is 3.45. The lowest BCUT2D eigenvalue weighted by molar-refractivity contribution is -0.122. The van der Waals surface area contributed by atoms with Gasteiger partial charge in [0.25, 0.3) is 5.91 Å². The molecule has 3 aromatic heterocycles. The fraction of sp³-hybridized carbons (Fsp3) is 0.368. The predicted octanol–water partition coefficient (Wildman–Crippen LogP) is 2.29. The molecule has 1 fully saturated rings. The Bertz CT molecular complexity index is 1000. The van der Waals surface area contributed by atoms with Crippen molar-refractivity contribution in [3.8, 4) is 0 Å². The number of carbonyl (C=O) groups excluding carboxylic acids is 2. The number of fused-ring (bicyclic) bond motifs is 1. The average Bonchev–Trinajstić information content (AvgIpc) is 3.24. The van der Waals surface area contributed by atoms with Gasteiger partial charge in [0.2, 0.25) is 5.91 Å². The molecule has 1 unspecified atom stereocenters. The summed E-state index contributed by atoms with van der Waals surface area (Å²) in [4.78, 5) is 32.2. The van der Waals surface area contributed by atoms with Gasteiger partial charge in [-0.1, -0.05) is 0 Å². The second kappa shape index (κ2) is 7.23. The summed E-state index contributed by atoms with van der Waals surface area (Å²) in [5, 5.41) is 8.25. The van der Waals surface area contributed by atoms with E-state index in [1.54, 1.807) is 10.9 Å². The molecule has 4 heterocycles. The number of pyridine rings is 1. The summed E-state index contributed by atoms with van der Waals surface area (Å²) in [5.74, 6) is 0.220. The van der Waals surface area contributed by atoms with Crippen molar-refractivity contribution in [2.45, 2.75) is 19.8 Å². The Labute approximate surface area is 166 Å². The fourth-order valence-corrected chi connectivity index (χ4v) is 4.59. The Kier molecular flexibility index (Phi) is 4.76. The summed E-state index contributed by atoms with van der Waals surface area (Å²) < 4.78 is 1.79. The van der Waals surface area contributed by atoms with E-state index in [0.29, 0.717) is 17.1 Å². The van der Waals surface area contributed by atoms with E-state index in [2.05, 4.69) is 20.3 Å². The van der Waals surface area contributed by atoms with Gasteiger partial charge < -0.3 is 16.0 Å². The fourth-order valence-electron chi connectivity index (χ4n) is 3.57. The number of nitrogens with one attached hydrogen (secondary N) is 1. The molecule has 0 aromatic carbocycles. The summed E-state index contributed by atoms with van der Waals surface area (Å²) in [7, 11) is 1.87. The number of amides is 2. The lowest BCUT2D eigenvalue weighted by Gasteiger charge is -2.32. The standard InChI is InChI=1S/C19H22N6O2S/c1-11-14-8-15(28-19(14)24(2)23-11)18(27)22-13-5-6-16(21-9-13)25-7-3-4-12(10-25)17(20)26/h5-6,8-9,12H,3-4,7,10H2,1-2H3,(H2,20,26)(H,22,27). The van der Waals surface area contributed by atoms with Crippen LogP contribution in [0.15, 0.2) is 24.4 Å². The highest BCUT2D eigenvalue weighted by Crippen LogP contribution is 2.28. The SMILES string of the molecule is Cc1nn(C)c2sc(C(=O)Nc3ccc(N4CCCC(C(N)=O)C4)nc3)cc12. The van der Waals surface area contributed by atoms with E-state index in [-0.39, 0.29) is 17.7 Å². The van der Waals surface area contributed by atoms with Crippen LogP contribution in [-0.4, -0.2) is 39.7 Å². The third-order valence-corrected chi connectivity index (χ3v) is 6.27. The van der Waals surface area contributed by atoms with Gasteiger partial charge in [0.05, 0.1) is 28.4 Å². The first-order chi connectivity index (χ1) is 13.4. The normalized spacial score (nSPS) is 17.1. The first-order valence-corrected chi connectivity index (χ1v) is 9.99. The Morgan fingerprint density at radius 1 is 1.36 bits per heavy atom. The van der Waals surface area contributed by atoms with Crippen molar-refractivity contribution in [1.29, 1.82) is 0 Å². The molecule has 2 amide bonds. The Morgan fingerprint density at radius 3 is 2.86 bits per heavy atom. The molecule has 0 radical (unpaired) electrons. The molecule has 8 nitrogen and oxygen atoms in total. The Balaban J connectivity index is 1.45. The predicted molar refractivity (Wildman–Crippen MR) is 110 cm³/mol. The Hall–Kier alpha value is -2.94. The zero-order chi connectivity index (χ0) is 19.8. The van der Waals surface area contributed by atoms with Crippen LogP contribution in [0.1, 0.15) is 28.2 Å². The van der Waals surface area contributed by atoms with Crippen molar-refractivity contribution in [1.82, 2.24) is 14.8 Å². The number of hydrogen-bond acceptors (Lipinski definition) is 6. The number of rotatable bonds is 4. The van der Waals surface area contributed by atoms with Crippen molar-refractivity contribution in [2.24, 2.45) is 18.7 Å². The summed E-state index contributed by atoms with van der Waals surface area (Å²) in [5.41, 5.74) is 6.98.